The van der Waals surface area contributed by atoms with Crippen LogP contribution in [0, 0.1) is 0 Å². The van der Waals surface area contributed by atoms with Crippen molar-refractivity contribution in [1.82, 2.24) is 0 Å². The molecule has 0 saturated heterocycles. The van der Waals surface area contributed by atoms with Crippen LogP contribution < -0.4 is 0 Å². The van der Waals surface area contributed by atoms with E-state index in [9.17, 15) is 30.0 Å². The highest BCUT2D eigenvalue weighted by molar-refractivity contribution is 8.14. The maximum Gasteiger partial charge on any atom is 0.501 e. The predicted octanol–water partition coefficient (Wildman–Crippen LogP) is 2.64. The van der Waals surface area contributed by atoms with Crippen molar-refractivity contribution < 1.29 is 30.0 Å². The van der Waals surface area contributed by atoms with E-state index < -0.39 is 29.3 Å². The third-order valence-corrected chi connectivity index (χ3v) is 5.96. The molecular formula is C9H8ClF3O4S3. The van der Waals surface area contributed by atoms with Gasteiger partial charge < -0.3 is 0 Å². The van der Waals surface area contributed by atoms with Gasteiger partial charge in [-0.05, 0) is 24.3 Å². The molecule has 1 aromatic carbocycles. The number of benzene rings is 1. The predicted molar refractivity (Wildman–Crippen MR) is 70.0 cm³/mol. The van der Waals surface area contributed by atoms with Gasteiger partial charge in [0.15, 0.2) is 0 Å². The summed E-state index contributed by atoms with van der Waals surface area (Å²) in [5.74, 6) is -0.195. The van der Waals surface area contributed by atoms with Gasteiger partial charge in [0.1, 0.15) is 0 Å². The third-order valence-electron chi connectivity index (χ3n) is 2.03. The van der Waals surface area contributed by atoms with E-state index in [1.165, 1.54) is 12.1 Å². The molecule has 0 amide bonds. The molecule has 0 fully saturated rings. The van der Waals surface area contributed by atoms with E-state index in [-0.39, 0.29) is 11.5 Å². The number of sulfone groups is 1. The molecule has 0 atom stereocenters. The van der Waals surface area contributed by atoms with Crippen LogP contribution in [0.5, 0.6) is 0 Å². The minimum absolute atomic E-state index is 0.108. The number of hydrogen-bond donors (Lipinski definition) is 0. The molecule has 0 aromatic heterocycles. The van der Waals surface area contributed by atoms with Crippen LogP contribution in [0.3, 0.4) is 0 Å². The lowest BCUT2D eigenvalue weighted by Gasteiger charge is -2.08. The zero-order chi connectivity index (χ0) is 15.6. The Kier molecular flexibility index (Phi) is 5.39. The number of halogens is 4. The second-order valence-corrected chi connectivity index (χ2v) is 9.52. The Hall–Kier alpha value is -0.450. The van der Waals surface area contributed by atoms with Crippen molar-refractivity contribution in [3.63, 3.8) is 0 Å². The molecule has 11 heteroatoms. The van der Waals surface area contributed by atoms with E-state index >= 15 is 0 Å². The molecule has 1 rings (SSSR count). The summed E-state index contributed by atoms with van der Waals surface area (Å²) in [6.07, 6.45) is 0. The molecule has 0 aliphatic heterocycles. The minimum Gasteiger partial charge on any atom is -0.214 e. The SMILES string of the molecule is O=S(=O)(Cl)CCSc1ccc(S(=O)(=O)C(F)(F)F)cc1. The Labute approximate surface area is 122 Å². The first-order valence-corrected chi connectivity index (χ1v) is 9.85. The highest BCUT2D eigenvalue weighted by Gasteiger charge is 2.46. The second-order valence-electron chi connectivity index (χ2n) is 3.51. The van der Waals surface area contributed by atoms with Gasteiger partial charge in [0.05, 0.1) is 10.6 Å². The maximum atomic E-state index is 12.3. The molecule has 0 bridgehead atoms. The lowest BCUT2D eigenvalue weighted by molar-refractivity contribution is -0.0436. The van der Waals surface area contributed by atoms with Crippen LogP contribution in [0.4, 0.5) is 13.2 Å². The van der Waals surface area contributed by atoms with Crippen LogP contribution >= 0.6 is 22.4 Å². The molecule has 0 aliphatic rings. The van der Waals surface area contributed by atoms with Gasteiger partial charge in [0.25, 0.3) is 9.84 Å². The molecule has 0 aliphatic carbocycles. The molecule has 0 unspecified atom stereocenters. The van der Waals surface area contributed by atoms with Crippen LogP contribution in [-0.2, 0) is 18.9 Å². The molecule has 20 heavy (non-hydrogen) atoms. The average molecular weight is 369 g/mol. The smallest absolute Gasteiger partial charge is 0.214 e. The summed E-state index contributed by atoms with van der Waals surface area (Å²) in [7, 11) is -4.01. The zero-order valence-electron chi connectivity index (χ0n) is 9.59. The lowest BCUT2D eigenvalue weighted by atomic mass is 10.4. The molecule has 0 spiro atoms. The van der Waals surface area contributed by atoms with Crippen molar-refractivity contribution in [3.05, 3.63) is 24.3 Å². The summed E-state index contributed by atoms with van der Waals surface area (Å²) in [4.78, 5) is -0.425. The van der Waals surface area contributed by atoms with Crippen molar-refractivity contribution in [2.75, 3.05) is 11.5 Å². The Balaban J connectivity index is 2.80. The van der Waals surface area contributed by atoms with Crippen LogP contribution in [0.2, 0.25) is 0 Å². The van der Waals surface area contributed by atoms with Gasteiger partial charge in [-0.3, -0.25) is 0 Å². The van der Waals surface area contributed by atoms with Gasteiger partial charge in [-0.2, -0.15) is 13.2 Å². The average Bonchev–Trinajstić information content (AvgIpc) is 2.26. The first-order valence-electron chi connectivity index (χ1n) is 4.90. The van der Waals surface area contributed by atoms with Gasteiger partial charge >= 0.3 is 5.51 Å². The van der Waals surface area contributed by atoms with Crippen molar-refractivity contribution in [2.45, 2.75) is 15.3 Å². The van der Waals surface area contributed by atoms with Crippen LogP contribution in [-0.4, -0.2) is 33.8 Å². The first kappa shape index (κ1) is 17.6. The summed E-state index contributed by atoms with van der Waals surface area (Å²) in [5, 5.41) is 0. The summed E-state index contributed by atoms with van der Waals surface area (Å²) >= 11 is 1.03. The molecule has 1 aromatic rings. The molecule has 0 N–H and O–H groups in total. The maximum absolute atomic E-state index is 12.3. The lowest BCUT2D eigenvalue weighted by Crippen LogP contribution is -2.23. The van der Waals surface area contributed by atoms with Crippen LogP contribution in [0.15, 0.2) is 34.1 Å². The van der Waals surface area contributed by atoms with Gasteiger partial charge in [-0.15, -0.1) is 11.8 Å². The van der Waals surface area contributed by atoms with Gasteiger partial charge in [-0.25, -0.2) is 16.8 Å². The Morgan fingerprint density at radius 1 is 1.05 bits per heavy atom. The Bertz CT molecular complexity index is 665. The fraction of sp³-hybridized carbons (Fsp3) is 0.333. The fourth-order valence-electron chi connectivity index (χ4n) is 1.11. The van der Waals surface area contributed by atoms with E-state index in [1.54, 1.807) is 0 Å². The minimum atomic E-state index is -5.36. The number of hydrogen-bond acceptors (Lipinski definition) is 5. The number of alkyl halides is 3. The standard InChI is InChI=1S/C9H8ClF3O4S3/c10-19(14,15)6-5-18-7-1-3-8(4-2-7)20(16,17)9(11,12)13/h1-4H,5-6H2. The summed E-state index contributed by atoms with van der Waals surface area (Å²) in [6, 6.07) is 3.98. The van der Waals surface area contributed by atoms with Crippen LogP contribution in [0.25, 0.3) is 0 Å². The monoisotopic (exact) mass is 368 g/mol. The van der Waals surface area contributed by atoms with Gasteiger partial charge in [-0.1, -0.05) is 0 Å². The molecule has 114 valence electrons. The fourth-order valence-corrected chi connectivity index (χ4v) is 4.13. The molecular weight excluding hydrogens is 361 g/mol. The molecule has 0 radical (unpaired) electrons. The van der Waals surface area contributed by atoms with E-state index in [0.29, 0.717) is 4.90 Å². The van der Waals surface area contributed by atoms with Crippen molar-refractivity contribution in [3.8, 4) is 0 Å². The quantitative estimate of drug-likeness (QED) is 0.590. The van der Waals surface area contributed by atoms with E-state index in [2.05, 4.69) is 0 Å². The second kappa shape index (κ2) is 6.12. The first-order chi connectivity index (χ1) is 8.93. The van der Waals surface area contributed by atoms with E-state index in [1.807, 2.05) is 0 Å². The highest BCUT2D eigenvalue weighted by Crippen LogP contribution is 2.31. The van der Waals surface area contributed by atoms with E-state index in [4.69, 9.17) is 10.7 Å². The largest absolute Gasteiger partial charge is 0.501 e. The normalized spacial score (nSPS) is 13.4. The van der Waals surface area contributed by atoms with Gasteiger partial charge in [0, 0.05) is 21.3 Å². The summed E-state index contributed by atoms with van der Waals surface area (Å²) in [6.45, 7) is 0. The summed E-state index contributed by atoms with van der Waals surface area (Å²) in [5.41, 5.74) is -5.35. The number of rotatable bonds is 5. The molecule has 4 nitrogen and oxygen atoms in total. The molecule has 0 heterocycles. The number of thioether (sulfide) groups is 1. The Morgan fingerprint density at radius 3 is 1.95 bits per heavy atom. The van der Waals surface area contributed by atoms with Crippen molar-refractivity contribution in [2.24, 2.45) is 0 Å². The van der Waals surface area contributed by atoms with Crippen LogP contribution in [0.1, 0.15) is 0 Å². The topological polar surface area (TPSA) is 68.3 Å². The zero-order valence-corrected chi connectivity index (χ0v) is 12.8. The van der Waals surface area contributed by atoms with Crippen molar-refractivity contribution in [1.29, 1.82) is 0 Å². The van der Waals surface area contributed by atoms with E-state index in [0.717, 1.165) is 23.9 Å². The highest BCUT2D eigenvalue weighted by atomic mass is 35.7. The van der Waals surface area contributed by atoms with Gasteiger partial charge in [0.2, 0.25) is 9.05 Å². The Morgan fingerprint density at radius 2 is 1.55 bits per heavy atom. The third kappa shape index (κ3) is 4.83. The summed E-state index contributed by atoms with van der Waals surface area (Å²) < 4.78 is 80.3. The molecule has 0 saturated carbocycles. The van der Waals surface area contributed by atoms with Crippen molar-refractivity contribution >= 4 is 41.3 Å².